The van der Waals surface area contributed by atoms with E-state index < -0.39 is 5.60 Å². The van der Waals surface area contributed by atoms with Gasteiger partial charge in [0.15, 0.2) is 5.96 Å². The Bertz CT molecular complexity index is 389. The Morgan fingerprint density at radius 3 is 2.40 bits per heavy atom. The SMILES string of the molecule is CCNC(=NCC1(O)CCCCC1)NC1CCN(CC(C)C)CC1.I. The van der Waals surface area contributed by atoms with Gasteiger partial charge < -0.3 is 20.6 Å². The smallest absolute Gasteiger partial charge is 0.191 e. The minimum Gasteiger partial charge on any atom is -0.388 e. The van der Waals surface area contributed by atoms with Crippen LogP contribution in [0, 0.1) is 5.92 Å². The van der Waals surface area contributed by atoms with Crippen molar-refractivity contribution in [2.24, 2.45) is 10.9 Å². The zero-order valence-corrected chi connectivity index (χ0v) is 18.7. The van der Waals surface area contributed by atoms with Gasteiger partial charge in [0.05, 0.1) is 12.1 Å². The standard InChI is InChI=1S/C19H38N4O.HI/c1-4-20-18(21-15-19(24)10-6-5-7-11-19)22-17-8-12-23(13-9-17)14-16(2)3;/h16-17,24H,4-15H2,1-3H3,(H2,20,21,22);1H. The van der Waals surface area contributed by atoms with Crippen LogP contribution in [0.4, 0.5) is 0 Å². The lowest BCUT2D eigenvalue weighted by molar-refractivity contribution is 0.0131. The van der Waals surface area contributed by atoms with Crippen molar-refractivity contribution < 1.29 is 5.11 Å². The summed E-state index contributed by atoms with van der Waals surface area (Å²) in [6.45, 7) is 11.6. The fraction of sp³-hybridized carbons (Fsp3) is 0.947. The van der Waals surface area contributed by atoms with Crippen molar-refractivity contribution in [2.45, 2.75) is 77.4 Å². The van der Waals surface area contributed by atoms with Gasteiger partial charge >= 0.3 is 0 Å². The minimum absolute atomic E-state index is 0. The summed E-state index contributed by atoms with van der Waals surface area (Å²) in [5.41, 5.74) is -0.582. The van der Waals surface area contributed by atoms with Crippen molar-refractivity contribution in [1.82, 2.24) is 15.5 Å². The van der Waals surface area contributed by atoms with E-state index in [1.54, 1.807) is 0 Å². The number of likely N-dealkylation sites (tertiary alicyclic amines) is 1. The number of piperidine rings is 1. The molecule has 1 aliphatic heterocycles. The second-order valence-electron chi connectivity index (χ2n) is 8.09. The Morgan fingerprint density at radius 1 is 1.20 bits per heavy atom. The van der Waals surface area contributed by atoms with Crippen molar-refractivity contribution in [1.29, 1.82) is 0 Å². The van der Waals surface area contributed by atoms with Crippen molar-refractivity contribution in [3.05, 3.63) is 0 Å². The number of hydrogen-bond donors (Lipinski definition) is 3. The molecule has 2 fully saturated rings. The van der Waals surface area contributed by atoms with Gasteiger partial charge in [-0.2, -0.15) is 0 Å². The van der Waals surface area contributed by atoms with E-state index in [1.807, 2.05) is 0 Å². The van der Waals surface area contributed by atoms with Gasteiger partial charge in [-0.25, -0.2) is 0 Å². The average Bonchev–Trinajstić information content (AvgIpc) is 2.55. The molecule has 148 valence electrons. The first-order chi connectivity index (χ1) is 11.5. The third-order valence-corrected chi connectivity index (χ3v) is 5.21. The Hall–Kier alpha value is -0.0800. The Morgan fingerprint density at radius 2 is 1.84 bits per heavy atom. The lowest BCUT2D eigenvalue weighted by Gasteiger charge is -2.34. The highest BCUT2D eigenvalue weighted by Crippen LogP contribution is 2.28. The van der Waals surface area contributed by atoms with E-state index in [-0.39, 0.29) is 24.0 Å². The van der Waals surface area contributed by atoms with Gasteiger partial charge in [0.2, 0.25) is 0 Å². The Labute approximate surface area is 171 Å². The molecular formula is C19H39IN4O. The summed E-state index contributed by atoms with van der Waals surface area (Å²) in [5, 5.41) is 17.6. The maximum absolute atomic E-state index is 10.6. The predicted molar refractivity (Wildman–Crippen MR) is 117 cm³/mol. The lowest BCUT2D eigenvalue weighted by Crippen LogP contribution is -2.49. The summed E-state index contributed by atoms with van der Waals surface area (Å²) >= 11 is 0. The number of hydrogen-bond acceptors (Lipinski definition) is 3. The number of rotatable bonds is 6. The van der Waals surface area contributed by atoms with Crippen LogP contribution in [0.2, 0.25) is 0 Å². The van der Waals surface area contributed by atoms with Crippen LogP contribution >= 0.6 is 24.0 Å². The first-order valence-electron chi connectivity index (χ1n) is 10.0. The first kappa shape index (κ1) is 23.0. The van der Waals surface area contributed by atoms with Gasteiger partial charge in [-0.15, -0.1) is 24.0 Å². The second kappa shape index (κ2) is 11.6. The number of halogens is 1. The third-order valence-electron chi connectivity index (χ3n) is 5.21. The maximum Gasteiger partial charge on any atom is 0.191 e. The molecule has 0 aromatic carbocycles. The highest BCUT2D eigenvalue weighted by atomic mass is 127. The normalized spacial score (nSPS) is 22.5. The topological polar surface area (TPSA) is 59.9 Å². The number of guanidine groups is 1. The van der Waals surface area contributed by atoms with Gasteiger partial charge in [0, 0.05) is 32.2 Å². The van der Waals surface area contributed by atoms with Gasteiger partial charge in [-0.05, 0) is 38.5 Å². The summed E-state index contributed by atoms with van der Waals surface area (Å²) in [7, 11) is 0. The van der Waals surface area contributed by atoms with Crippen LogP contribution in [0.1, 0.15) is 65.7 Å². The summed E-state index contributed by atoms with van der Waals surface area (Å²) < 4.78 is 0. The van der Waals surface area contributed by atoms with E-state index in [9.17, 15) is 5.11 Å². The summed E-state index contributed by atoms with van der Waals surface area (Å²) in [4.78, 5) is 7.27. The molecule has 0 amide bonds. The highest BCUT2D eigenvalue weighted by Gasteiger charge is 2.29. The predicted octanol–water partition coefficient (Wildman–Crippen LogP) is 2.98. The van der Waals surface area contributed by atoms with Crippen LogP contribution in [0.3, 0.4) is 0 Å². The molecule has 5 nitrogen and oxygen atoms in total. The molecule has 0 atom stereocenters. The number of nitrogens with one attached hydrogen (secondary N) is 2. The zero-order chi connectivity index (χ0) is 17.4. The van der Waals surface area contributed by atoms with Crippen LogP contribution in [0.25, 0.3) is 0 Å². The molecule has 0 unspecified atom stereocenters. The minimum atomic E-state index is -0.582. The fourth-order valence-electron chi connectivity index (χ4n) is 3.88. The molecule has 0 radical (unpaired) electrons. The highest BCUT2D eigenvalue weighted by molar-refractivity contribution is 14.0. The molecule has 2 rings (SSSR count). The van der Waals surface area contributed by atoms with E-state index >= 15 is 0 Å². The van der Waals surface area contributed by atoms with E-state index in [1.165, 1.54) is 38.9 Å². The quantitative estimate of drug-likeness (QED) is 0.320. The van der Waals surface area contributed by atoms with Crippen LogP contribution in [0.5, 0.6) is 0 Å². The summed E-state index contributed by atoms with van der Waals surface area (Å²) in [6, 6.07) is 0.493. The molecule has 25 heavy (non-hydrogen) atoms. The van der Waals surface area contributed by atoms with Gasteiger partial charge in [-0.1, -0.05) is 33.1 Å². The molecular weight excluding hydrogens is 427 g/mol. The van der Waals surface area contributed by atoms with Crippen LogP contribution in [-0.4, -0.2) is 60.3 Å². The molecule has 0 bridgehead atoms. The van der Waals surface area contributed by atoms with Crippen molar-refractivity contribution >= 4 is 29.9 Å². The molecule has 0 aromatic heterocycles. The maximum atomic E-state index is 10.6. The molecule has 2 aliphatic rings. The van der Waals surface area contributed by atoms with Crippen molar-refractivity contribution in [3.63, 3.8) is 0 Å². The average molecular weight is 466 g/mol. The fourth-order valence-corrected chi connectivity index (χ4v) is 3.88. The van der Waals surface area contributed by atoms with Gasteiger partial charge in [0.25, 0.3) is 0 Å². The molecule has 0 spiro atoms. The lowest BCUT2D eigenvalue weighted by atomic mass is 9.85. The van der Waals surface area contributed by atoms with Gasteiger partial charge in [0.1, 0.15) is 0 Å². The molecule has 6 heteroatoms. The largest absolute Gasteiger partial charge is 0.388 e. The summed E-state index contributed by atoms with van der Waals surface area (Å²) in [5.74, 6) is 1.61. The van der Waals surface area contributed by atoms with Crippen LogP contribution in [0.15, 0.2) is 4.99 Å². The zero-order valence-electron chi connectivity index (χ0n) is 16.4. The molecule has 1 aliphatic carbocycles. The molecule has 0 aromatic rings. The molecule has 1 heterocycles. The molecule has 3 N–H and O–H groups in total. The Kier molecular flexibility index (Phi) is 10.6. The first-order valence-corrected chi connectivity index (χ1v) is 10.0. The Balaban J connectivity index is 0.00000312. The van der Waals surface area contributed by atoms with Crippen molar-refractivity contribution in [3.8, 4) is 0 Å². The molecule has 1 saturated carbocycles. The second-order valence-corrected chi connectivity index (χ2v) is 8.09. The summed E-state index contributed by atoms with van der Waals surface area (Å²) in [6.07, 6.45) is 7.63. The number of nitrogens with zero attached hydrogens (tertiary/aromatic N) is 2. The van der Waals surface area contributed by atoms with Crippen LogP contribution in [-0.2, 0) is 0 Å². The van der Waals surface area contributed by atoms with E-state index in [4.69, 9.17) is 4.99 Å². The van der Waals surface area contributed by atoms with E-state index in [0.29, 0.717) is 12.6 Å². The van der Waals surface area contributed by atoms with Crippen molar-refractivity contribution in [2.75, 3.05) is 32.7 Å². The number of aliphatic imine (C=N–C) groups is 1. The van der Waals surface area contributed by atoms with Gasteiger partial charge in [-0.3, -0.25) is 4.99 Å². The van der Waals surface area contributed by atoms with E-state index in [2.05, 4.69) is 36.3 Å². The molecule has 1 saturated heterocycles. The third kappa shape index (κ3) is 8.43. The van der Waals surface area contributed by atoms with E-state index in [0.717, 1.165) is 44.1 Å². The number of aliphatic hydroxyl groups is 1. The van der Waals surface area contributed by atoms with Crippen LogP contribution < -0.4 is 10.6 Å². The monoisotopic (exact) mass is 466 g/mol.